The summed E-state index contributed by atoms with van der Waals surface area (Å²) in [4.78, 5) is 53.4. The number of ketones is 2. The van der Waals surface area contributed by atoms with E-state index in [2.05, 4.69) is 0 Å². The average Bonchev–Trinajstić information content (AvgIpc) is 3.24. The minimum atomic E-state index is -1.22. The summed E-state index contributed by atoms with van der Waals surface area (Å²) in [5, 5.41) is 42.9. The number of carboxylic acids is 1. The number of fused-ring (bicyclic) bond motifs is 7. The minimum Gasteiger partial charge on any atom is -0.507 e. The number of aryl methyl sites for hydroxylation is 2. The molecule has 3 aromatic carbocycles. The monoisotopic (exact) mass is 527 g/mol. The van der Waals surface area contributed by atoms with Crippen molar-refractivity contribution in [2.75, 3.05) is 6.61 Å². The maximum absolute atomic E-state index is 13.7. The molecular weight excluding hydrogens is 506 g/mol. The van der Waals surface area contributed by atoms with Gasteiger partial charge >= 0.3 is 5.97 Å². The molecule has 10 nitrogen and oxygen atoms in total. The molecule has 4 aliphatic rings. The van der Waals surface area contributed by atoms with Gasteiger partial charge in [0.05, 0.1) is 23.3 Å². The first-order chi connectivity index (χ1) is 18.5. The predicted octanol–water partition coefficient (Wildman–Crippen LogP) is 2.54. The molecule has 1 saturated heterocycles. The van der Waals surface area contributed by atoms with Crippen molar-refractivity contribution in [1.82, 2.24) is 4.90 Å². The van der Waals surface area contributed by atoms with E-state index in [0.717, 1.165) is 4.90 Å². The van der Waals surface area contributed by atoms with Crippen LogP contribution in [0.3, 0.4) is 0 Å². The predicted molar refractivity (Wildman–Crippen MR) is 133 cm³/mol. The van der Waals surface area contributed by atoms with Gasteiger partial charge in [-0.1, -0.05) is 18.2 Å². The summed E-state index contributed by atoms with van der Waals surface area (Å²) in [5.41, 5.74) is 0.227. The summed E-state index contributed by atoms with van der Waals surface area (Å²) < 4.78 is 5.74. The standard InChI is InChI=1S/C29H21NO9/c1-29-9-13-7-11-5-6-12-8-15-22(23(32)14-3-2-4-17(31)21(14)24(15)33)26(35)19(12)18(11)25(34)20(13)27(36)30(29)16(10-39-29)28(37)38/h2-4,7-8,16,31,34-35H,5-6,9-10H2,1H3,(H,37,38). The van der Waals surface area contributed by atoms with E-state index < -0.39 is 46.7 Å². The van der Waals surface area contributed by atoms with E-state index in [1.807, 2.05) is 0 Å². The maximum Gasteiger partial charge on any atom is 0.328 e. The van der Waals surface area contributed by atoms with Gasteiger partial charge in [0, 0.05) is 28.7 Å². The summed E-state index contributed by atoms with van der Waals surface area (Å²) >= 11 is 0. The van der Waals surface area contributed by atoms with Crippen molar-refractivity contribution in [3.05, 3.63) is 74.8 Å². The number of ether oxygens (including phenoxy) is 1. The Morgan fingerprint density at radius 1 is 0.872 bits per heavy atom. The van der Waals surface area contributed by atoms with Crippen molar-refractivity contribution in [1.29, 1.82) is 0 Å². The van der Waals surface area contributed by atoms with E-state index in [-0.39, 0.29) is 57.7 Å². The largest absolute Gasteiger partial charge is 0.507 e. The fourth-order valence-electron chi connectivity index (χ4n) is 6.63. The number of amides is 1. The summed E-state index contributed by atoms with van der Waals surface area (Å²) in [5.74, 6) is -4.42. The van der Waals surface area contributed by atoms with Crippen LogP contribution in [0.1, 0.15) is 65.8 Å². The lowest BCUT2D eigenvalue weighted by Crippen LogP contribution is -2.56. The SMILES string of the molecule is CC12Cc3cc4c(c(O)c3C(=O)N1C(C(=O)O)CO2)-c1c(cc2c(c1O)C(=O)c1cccc(O)c1C2=O)CC4. The molecule has 0 bridgehead atoms. The number of carboxylic acid groups (broad SMARTS) is 1. The molecule has 2 unspecified atom stereocenters. The second-order valence-electron chi connectivity index (χ2n) is 10.5. The van der Waals surface area contributed by atoms with Crippen molar-refractivity contribution in [3.8, 4) is 28.4 Å². The van der Waals surface area contributed by atoms with Gasteiger partial charge in [0.15, 0.2) is 17.6 Å². The number of rotatable bonds is 1. The molecule has 39 heavy (non-hydrogen) atoms. The van der Waals surface area contributed by atoms with Crippen molar-refractivity contribution >= 4 is 23.4 Å². The molecule has 10 heteroatoms. The summed E-state index contributed by atoms with van der Waals surface area (Å²) in [6.45, 7) is 1.45. The van der Waals surface area contributed by atoms with Crippen LogP contribution in [0.25, 0.3) is 11.1 Å². The van der Waals surface area contributed by atoms with Gasteiger partial charge in [-0.15, -0.1) is 0 Å². The number of carbonyl (C=O) groups is 4. The topological polar surface area (TPSA) is 162 Å². The van der Waals surface area contributed by atoms with E-state index in [9.17, 15) is 39.6 Å². The van der Waals surface area contributed by atoms with E-state index in [1.165, 1.54) is 24.3 Å². The molecule has 2 aliphatic heterocycles. The average molecular weight is 527 g/mol. The van der Waals surface area contributed by atoms with Crippen LogP contribution in [0.15, 0.2) is 30.3 Å². The van der Waals surface area contributed by atoms with E-state index in [1.54, 1.807) is 13.0 Å². The molecule has 3 aromatic rings. The van der Waals surface area contributed by atoms with Crippen LogP contribution < -0.4 is 0 Å². The molecule has 2 aliphatic carbocycles. The van der Waals surface area contributed by atoms with Gasteiger partial charge in [0.25, 0.3) is 5.91 Å². The fourth-order valence-corrected chi connectivity index (χ4v) is 6.63. The lowest BCUT2D eigenvalue weighted by atomic mass is 9.75. The number of phenolic OH excluding ortho intramolecular Hbond substituents is 3. The molecule has 196 valence electrons. The zero-order chi connectivity index (χ0) is 27.5. The Kier molecular flexibility index (Phi) is 4.47. The summed E-state index contributed by atoms with van der Waals surface area (Å²) in [7, 11) is 0. The number of aromatic hydroxyl groups is 3. The normalized spacial score (nSPS) is 22.4. The van der Waals surface area contributed by atoms with Gasteiger partial charge in [-0.25, -0.2) is 4.79 Å². The molecule has 0 radical (unpaired) electrons. The van der Waals surface area contributed by atoms with Crippen molar-refractivity contribution in [2.24, 2.45) is 0 Å². The minimum absolute atomic E-state index is 0.0448. The lowest BCUT2D eigenvalue weighted by molar-refractivity contribution is -0.142. The Hall–Kier alpha value is -4.70. The van der Waals surface area contributed by atoms with Crippen LogP contribution in [0, 0.1) is 0 Å². The highest BCUT2D eigenvalue weighted by Crippen LogP contribution is 2.52. The molecule has 2 atom stereocenters. The molecule has 4 N–H and O–H groups in total. The highest BCUT2D eigenvalue weighted by Gasteiger charge is 2.54. The number of carbonyl (C=O) groups excluding carboxylic acids is 3. The van der Waals surface area contributed by atoms with Gasteiger partial charge in [-0.05, 0) is 48.6 Å². The number of hydrogen-bond acceptors (Lipinski definition) is 8. The Labute approximate surface area is 220 Å². The molecule has 1 amide bonds. The van der Waals surface area contributed by atoms with Crippen molar-refractivity contribution < 1.29 is 44.3 Å². The zero-order valence-corrected chi connectivity index (χ0v) is 20.6. The number of benzene rings is 3. The highest BCUT2D eigenvalue weighted by atomic mass is 16.5. The second-order valence-corrected chi connectivity index (χ2v) is 10.5. The number of nitrogens with zero attached hydrogens (tertiary/aromatic N) is 1. The van der Waals surface area contributed by atoms with Crippen LogP contribution in [0.5, 0.6) is 17.2 Å². The maximum atomic E-state index is 13.7. The number of aliphatic carboxylic acids is 1. The fraction of sp³-hybridized carbons (Fsp3) is 0.241. The first-order valence-electron chi connectivity index (χ1n) is 12.4. The zero-order valence-electron chi connectivity index (χ0n) is 20.6. The summed E-state index contributed by atoms with van der Waals surface area (Å²) in [6.07, 6.45) is 0.957. The second kappa shape index (κ2) is 7.45. The third kappa shape index (κ3) is 2.83. The van der Waals surface area contributed by atoms with E-state index in [4.69, 9.17) is 4.74 Å². The van der Waals surface area contributed by atoms with Gasteiger partial charge in [0.2, 0.25) is 0 Å². The smallest absolute Gasteiger partial charge is 0.328 e. The Morgan fingerprint density at radius 3 is 2.21 bits per heavy atom. The molecule has 2 heterocycles. The Bertz CT molecular complexity index is 1740. The third-order valence-corrected chi connectivity index (χ3v) is 8.36. The van der Waals surface area contributed by atoms with Gasteiger partial charge in [-0.2, -0.15) is 0 Å². The first kappa shape index (κ1) is 23.4. The molecule has 1 fully saturated rings. The van der Waals surface area contributed by atoms with Crippen LogP contribution >= 0.6 is 0 Å². The molecule has 0 spiro atoms. The lowest BCUT2D eigenvalue weighted by Gasteiger charge is -2.41. The molecular formula is C29H21NO9. The van der Waals surface area contributed by atoms with Gasteiger partial charge in [0.1, 0.15) is 23.0 Å². The quantitative estimate of drug-likeness (QED) is 0.291. The van der Waals surface area contributed by atoms with Gasteiger partial charge < -0.3 is 25.2 Å². The Morgan fingerprint density at radius 2 is 1.51 bits per heavy atom. The number of phenols is 3. The van der Waals surface area contributed by atoms with Crippen LogP contribution in [0.2, 0.25) is 0 Å². The highest BCUT2D eigenvalue weighted by molar-refractivity contribution is 6.31. The molecule has 7 rings (SSSR count). The van der Waals surface area contributed by atoms with Crippen LogP contribution in [-0.4, -0.2) is 67.1 Å². The first-order valence-corrected chi connectivity index (χ1v) is 12.4. The van der Waals surface area contributed by atoms with Crippen molar-refractivity contribution in [2.45, 2.75) is 38.0 Å². The Balaban J connectivity index is 1.45. The molecule has 0 saturated carbocycles. The van der Waals surface area contributed by atoms with Gasteiger partial charge in [-0.3, -0.25) is 19.3 Å². The summed E-state index contributed by atoms with van der Waals surface area (Å²) in [6, 6.07) is 6.16. The molecule has 0 aromatic heterocycles. The van der Waals surface area contributed by atoms with E-state index in [0.29, 0.717) is 29.5 Å². The van der Waals surface area contributed by atoms with Crippen LogP contribution in [0.4, 0.5) is 0 Å². The van der Waals surface area contributed by atoms with Crippen molar-refractivity contribution in [3.63, 3.8) is 0 Å². The third-order valence-electron chi connectivity index (χ3n) is 8.36. The number of hydrogen-bond donors (Lipinski definition) is 4. The van der Waals surface area contributed by atoms with E-state index >= 15 is 0 Å². The van der Waals surface area contributed by atoms with Crippen LogP contribution in [-0.2, 0) is 28.8 Å².